The molecule has 1 amide bonds. The Morgan fingerprint density at radius 3 is 2.57 bits per heavy atom. The van der Waals surface area contributed by atoms with Gasteiger partial charge in [-0.05, 0) is 38.3 Å². The molecule has 0 saturated heterocycles. The number of aryl methyl sites for hydroxylation is 1. The number of halogens is 3. The van der Waals surface area contributed by atoms with E-state index in [1.807, 2.05) is 13.0 Å². The van der Waals surface area contributed by atoms with E-state index in [2.05, 4.69) is 20.6 Å². The number of aromatic nitrogens is 2. The predicted octanol–water partition coefficient (Wildman–Crippen LogP) is 3.58. The highest BCUT2D eigenvalue weighted by atomic mass is 19.4. The van der Waals surface area contributed by atoms with Crippen LogP contribution < -0.4 is 15.4 Å². The van der Waals surface area contributed by atoms with Gasteiger partial charge in [0.25, 0.3) is 5.91 Å². The molecule has 1 heterocycles. The topological polar surface area (TPSA) is 76.1 Å². The molecule has 9 heteroatoms. The number of carbonyl (C=O) groups is 1. The molecule has 1 saturated carbocycles. The molecule has 2 atom stereocenters. The average Bonchev–Trinajstić information content (AvgIpc) is 3.08. The Morgan fingerprint density at radius 2 is 1.93 bits per heavy atom. The van der Waals surface area contributed by atoms with Gasteiger partial charge in [-0.3, -0.25) is 4.79 Å². The van der Waals surface area contributed by atoms with Crippen molar-refractivity contribution in [2.24, 2.45) is 0 Å². The lowest BCUT2D eigenvalue weighted by atomic mass is 10.1. The molecule has 1 aromatic heterocycles. The summed E-state index contributed by atoms with van der Waals surface area (Å²) in [7, 11) is 1.50. The van der Waals surface area contributed by atoms with Crippen LogP contribution in [0.3, 0.4) is 0 Å². The van der Waals surface area contributed by atoms with Crippen molar-refractivity contribution in [2.45, 2.75) is 44.4 Å². The maximum Gasteiger partial charge on any atom is 0.434 e. The largest absolute Gasteiger partial charge is 0.496 e. The van der Waals surface area contributed by atoms with E-state index in [1.54, 1.807) is 12.1 Å². The van der Waals surface area contributed by atoms with Gasteiger partial charge in [-0.15, -0.1) is 0 Å². The van der Waals surface area contributed by atoms with E-state index in [9.17, 15) is 18.0 Å². The Kier molecular flexibility index (Phi) is 5.71. The Hall–Kier alpha value is -2.84. The number of carbonyl (C=O) groups excluding carboxylic acids is 1. The monoisotopic (exact) mass is 394 g/mol. The highest BCUT2D eigenvalue weighted by molar-refractivity contribution is 5.97. The van der Waals surface area contributed by atoms with E-state index in [-0.39, 0.29) is 23.8 Å². The fraction of sp³-hybridized carbons (Fsp3) is 0.421. The lowest BCUT2D eigenvalue weighted by Gasteiger charge is -2.23. The van der Waals surface area contributed by atoms with E-state index in [0.29, 0.717) is 17.5 Å². The molecule has 1 aromatic carbocycles. The number of amides is 1. The number of ether oxygens (including phenoxy) is 1. The summed E-state index contributed by atoms with van der Waals surface area (Å²) >= 11 is 0. The lowest BCUT2D eigenvalue weighted by molar-refractivity contribution is -0.141. The second-order valence-electron chi connectivity index (χ2n) is 6.75. The summed E-state index contributed by atoms with van der Waals surface area (Å²) in [6.45, 7) is 1.89. The molecule has 0 unspecified atom stereocenters. The van der Waals surface area contributed by atoms with Gasteiger partial charge in [0.05, 0.1) is 25.1 Å². The van der Waals surface area contributed by atoms with Crippen molar-refractivity contribution in [3.8, 4) is 5.75 Å². The SMILES string of the molecule is COc1ccc(C)cc1C(=O)N[C@H]1CCC[C@@H]1Nc1cnc(C(F)(F)F)cn1. The quantitative estimate of drug-likeness (QED) is 0.811. The molecule has 2 N–H and O–H groups in total. The Morgan fingerprint density at radius 1 is 1.18 bits per heavy atom. The Labute approximate surface area is 160 Å². The first-order valence-electron chi connectivity index (χ1n) is 8.89. The van der Waals surface area contributed by atoms with E-state index >= 15 is 0 Å². The predicted molar refractivity (Wildman–Crippen MR) is 97.3 cm³/mol. The molecule has 1 fully saturated rings. The van der Waals surface area contributed by atoms with Gasteiger partial charge in [-0.1, -0.05) is 11.6 Å². The fourth-order valence-electron chi connectivity index (χ4n) is 3.29. The van der Waals surface area contributed by atoms with Crippen LogP contribution in [0, 0.1) is 6.92 Å². The number of hydrogen-bond donors (Lipinski definition) is 2. The molecule has 0 bridgehead atoms. The van der Waals surface area contributed by atoms with Gasteiger partial charge < -0.3 is 15.4 Å². The highest BCUT2D eigenvalue weighted by Crippen LogP contribution is 2.28. The highest BCUT2D eigenvalue weighted by Gasteiger charge is 2.33. The van der Waals surface area contributed by atoms with Crippen LogP contribution in [0.4, 0.5) is 19.0 Å². The first-order chi connectivity index (χ1) is 13.3. The van der Waals surface area contributed by atoms with Crippen LogP contribution in [-0.2, 0) is 6.18 Å². The molecule has 0 aliphatic heterocycles. The zero-order valence-electron chi connectivity index (χ0n) is 15.5. The molecule has 3 rings (SSSR count). The first-order valence-corrected chi connectivity index (χ1v) is 8.89. The summed E-state index contributed by atoms with van der Waals surface area (Å²) in [6, 6.07) is 5.03. The minimum absolute atomic E-state index is 0.147. The van der Waals surface area contributed by atoms with Gasteiger partial charge >= 0.3 is 6.18 Å². The van der Waals surface area contributed by atoms with Gasteiger partial charge in [0.2, 0.25) is 0 Å². The smallest absolute Gasteiger partial charge is 0.434 e. The zero-order chi connectivity index (χ0) is 20.3. The van der Waals surface area contributed by atoms with Crippen LogP contribution in [0.25, 0.3) is 0 Å². The summed E-state index contributed by atoms with van der Waals surface area (Å²) in [5, 5.41) is 6.07. The van der Waals surface area contributed by atoms with E-state index in [0.717, 1.165) is 31.0 Å². The van der Waals surface area contributed by atoms with E-state index < -0.39 is 11.9 Å². The number of hydrogen-bond acceptors (Lipinski definition) is 5. The van der Waals surface area contributed by atoms with Crippen LogP contribution in [0.2, 0.25) is 0 Å². The normalized spacial score (nSPS) is 19.3. The van der Waals surface area contributed by atoms with Gasteiger partial charge in [0.1, 0.15) is 11.6 Å². The molecule has 0 radical (unpaired) electrons. The third-order valence-electron chi connectivity index (χ3n) is 4.71. The lowest BCUT2D eigenvalue weighted by Crippen LogP contribution is -2.43. The second-order valence-corrected chi connectivity index (χ2v) is 6.75. The summed E-state index contributed by atoms with van der Waals surface area (Å²) in [5.74, 6) is 0.476. The molecule has 1 aliphatic rings. The van der Waals surface area contributed by atoms with E-state index in [1.165, 1.54) is 7.11 Å². The van der Waals surface area contributed by atoms with Crippen LogP contribution in [0.15, 0.2) is 30.6 Å². The Bertz CT molecular complexity index is 840. The molecule has 6 nitrogen and oxygen atoms in total. The Balaban J connectivity index is 1.68. The van der Waals surface area contributed by atoms with E-state index in [4.69, 9.17) is 4.74 Å². The standard InChI is InChI=1S/C19H21F3N4O2/c1-11-6-7-15(28-2)12(8-11)18(27)26-14-5-3-4-13(14)25-17-10-23-16(9-24-17)19(20,21)22/h6-10,13-14H,3-5H2,1-2H3,(H,24,25)(H,26,27)/t13-,14-/m0/s1. The third-order valence-corrected chi connectivity index (χ3v) is 4.71. The van der Waals surface area contributed by atoms with Crippen LogP contribution in [-0.4, -0.2) is 35.1 Å². The van der Waals surface area contributed by atoms with Gasteiger partial charge in [-0.2, -0.15) is 13.2 Å². The van der Waals surface area contributed by atoms with Crippen LogP contribution in [0.5, 0.6) is 5.75 Å². The second kappa shape index (κ2) is 8.04. The molecular formula is C19H21F3N4O2. The van der Waals surface area contributed by atoms with Crippen molar-refractivity contribution in [3.05, 3.63) is 47.4 Å². The fourth-order valence-corrected chi connectivity index (χ4v) is 3.29. The summed E-state index contributed by atoms with van der Waals surface area (Å²) in [5.41, 5.74) is 0.343. The third kappa shape index (κ3) is 4.52. The summed E-state index contributed by atoms with van der Waals surface area (Å²) < 4.78 is 43.1. The van der Waals surface area contributed by atoms with Gasteiger partial charge in [-0.25, -0.2) is 9.97 Å². The molecule has 2 aromatic rings. The van der Waals surface area contributed by atoms with Crippen molar-refractivity contribution in [1.82, 2.24) is 15.3 Å². The number of rotatable bonds is 5. The van der Waals surface area contributed by atoms with Gasteiger partial charge in [0.15, 0.2) is 5.69 Å². The number of benzene rings is 1. The average molecular weight is 394 g/mol. The van der Waals surface area contributed by atoms with Gasteiger partial charge in [0, 0.05) is 12.1 Å². The number of anilines is 1. The number of methoxy groups -OCH3 is 1. The summed E-state index contributed by atoms with van der Waals surface area (Å²) in [4.78, 5) is 19.9. The van der Waals surface area contributed by atoms with Crippen molar-refractivity contribution < 1.29 is 22.7 Å². The summed E-state index contributed by atoms with van der Waals surface area (Å²) in [6.07, 6.45) is -0.375. The molecule has 150 valence electrons. The zero-order valence-corrected chi connectivity index (χ0v) is 15.5. The minimum atomic E-state index is -4.53. The van der Waals surface area contributed by atoms with Crippen LogP contribution in [0.1, 0.15) is 40.9 Å². The molecule has 0 spiro atoms. The van der Waals surface area contributed by atoms with Crippen molar-refractivity contribution >= 4 is 11.7 Å². The van der Waals surface area contributed by atoms with Crippen LogP contribution >= 0.6 is 0 Å². The van der Waals surface area contributed by atoms with Crippen molar-refractivity contribution in [3.63, 3.8) is 0 Å². The number of nitrogens with one attached hydrogen (secondary N) is 2. The number of alkyl halides is 3. The number of nitrogens with zero attached hydrogens (tertiary/aromatic N) is 2. The molecule has 1 aliphatic carbocycles. The maximum atomic E-state index is 12.7. The van der Waals surface area contributed by atoms with Crippen molar-refractivity contribution in [1.29, 1.82) is 0 Å². The maximum absolute atomic E-state index is 12.7. The molecule has 28 heavy (non-hydrogen) atoms. The molecular weight excluding hydrogens is 373 g/mol. The van der Waals surface area contributed by atoms with Crippen molar-refractivity contribution in [2.75, 3.05) is 12.4 Å². The first kappa shape index (κ1) is 19.9. The minimum Gasteiger partial charge on any atom is -0.496 e.